The van der Waals surface area contributed by atoms with Gasteiger partial charge in [0.15, 0.2) is 0 Å². The number of hydrogen-bond acceptors (Lipinski definition) is 3. The minimum Gasteiger partial charge on any atom is -0.489 e. The maximum absolute atomic E-state index is 13.8. The van der Waals surface area contributed by atoms with E-state index in [1.165, 1.54) is 6.07 Å². The number of aliphatic hydroxyl groups is 1. The number of halogens is 1. The van der Waals surface area contributed by atoms with Gasteiger partial charge in [-0.3, -0.25) is 0 Å². The number of nitrogens with zero attached hydrogens (tertiary/aromatic N) is 1. The molecule has 0 aromatic heterocycles. The Hall–Kier alpha value is -2.38. The monoisotopic (exact) mass is 257 g/mol. The van der Waals surface area contributed by atoms with E-state index in [1.54, 1.807) is 42.5 Å². The summed E-state index contributed by atoms with van der Waals surface area (Å²) in [5.41, 5.74) is 1.13. The van der Waals surface area contributed by atoms with Crippen LogP contribution < -0.4 is 4.74 Å². The quantitative estimate of drug-likeness (QED) is 0.916. The lowest BCUT2D eigenvalue weighted by Crippen LogP contribution is -2.00. The number of aliphatic hydroxyl groups excluding tert-OH is 1. The van der Waals surface area contributed by atoms with Gasteiger partial charge in [-0.25, -0.2) is 4.39 Å². The third-order valence-electron chi connectivity index (χ3n) is 2.70. The fourth-order valence-electron chi connectivity index (χ4n) is 1.63. The van der Waals surface area contributed by atoms with Crippen LogP contribution in [0.5, 0.6) is 5.75 Å². The molecule has 0 heterocycles. The van der Waals surface area contributed by atoms with E-state index in [0.717, 1.165) is 5.56 Å². The van der Waals surface area contributed by atoms with Gasteiger partial charge in [-0.05, 0) is 23.8 Å². The molecular formula is C15H12FNO2. The molecule has 96 valence electrons. The molecule has 0 saturated carbocycles. The summed E-state index contributed by atoms with van der Waals surface area (Å²) in [5, 5.41) is 17.6. The molecule has 19 heavy (non-hydrogen) atoms. The Morgan fingerprint density at radius 1 is 1.16 bits per heavy atom. The molecule has 0 spiro atoms. The lowest BCUT2D eigenvalue weighted by Gasteiger charge is -2.08. The highest BCUT2D eigenvalue weighted by molar-refractivity contribution is 5.35. The van der Waals surface area contributed by atoms with Crippen molar-refractivity contribution in [2.24, 2.45) is 0 Å². The summed E-state index contributed by atoms with van der Waals surface area (Å²) in [7, 11) is 0. The van der Waals surface area contributed by atoms with E-state index in [1.807, 2.05) is 0 Å². The highest BCUT2D eigenvalue weighted by Crippen LogP contribution is 2.17. The van der Waals surface area contributed by atoms with Gasteiger partial charge in [0.2, 0.25) is 0 Å². The van der Waals surface area contributed by atoms with E-state index in [0.29, 0.717) is 11.3 Å². The minimum atomic E-state index is -0.544. The highest BCUT2D eigenvalue weighted by atomic mass is 19.1. The SMILES string of the molecule is N#Cc1cccc(COc2ccc(CO)cc2)c1F. The largest absolute Gasteiger partial charge is 0.489 e. The van der Waals surface area contributed by atoms with Gasteiger partial charge in [0.25, 0.3) is 0 Å². The van der Waals surface area contributed by atoms with Gasteiger partial charge in [0, 0.05) is 5.56 Å². The van der Waals surface area contributed by atoms with Crippen molar-refractivity contribution in [3.05, 3.63) is 65.0 Å². The molecule has 0 radical (unpaired) electrons. The Labute approximate surface area is 110 Å². The highest BCUT2D eigenvalue weighted by Gasteiger charge is 2.07. The summed E-state index contributed by atoms with van der Waals surface area (Å²) >= 11 is 0. The maximum atomic E-state index is 13.8. The molecule has 0 amide bonds. The van der Waals surface area contributed by atoms with Crippen molar-refractivity contribution in [1.82, 2.24) is 0 Å². The molecule has 0 unspecified atom stereocenters. The van der Waals surface area contributed by atoms with Crippen molar-refractivity contribution in [2.45, 2.75) is 13.2 Å². The zero-order valence-corrected chi connectivity index (χ0v) is 10.1. The van der Waals surface area contributed by atoms with Crippen LogP contribution in [0.2, 0.25) is 0 Å². The molecule has 0 aliphatic heterocycles. The molecule has 3 nitrogen and oxygen atoms in total. The summed E-state index contributed by atoms with van der Waals surface area (Å²) < 4.78 is 19.2. The van der Waals surface area contributed by atoms with Crippen molar-refractivity contribution in [3.8, 4) is 11.8 Å². The third-order valence-corrected chi connectivity index (χ3v) is 2.70. The molecule has 2 aromatic carbocycles. The molecule has 2 rings (SSSR count). The number of ether oxygens (including phenoxy) is 1. The number of nitriles is 1. The standard InChI is InChI=1S/C15H12FNO2/c16-15-12(8-17)2-1-3-13(15)10-19-14-6-4-11(9-18)5-7-14/h1-7,18H,9-10H2. The Morgan fingerprint density at radius 3 is 2.53 bits per heavy atom. The van der Waals surface area contributed by atoms with Crippen molar-refractivity contribution >= 4 is 0 Å². The van der Waals surface area contributed by atoms with E-state index >= 15 is 0 Å². The summed E-state index contributed by atoms with van der Waals surface area (Å²) in [6.07, 6.45) is 0. The Morgan fingerprint density at radius 2 is 1.89 bits per heavy atom. The molecule has 2 aromatic rings. The van der Waals surface area contributed by atoms with Crippen LogP contribution in [0, 0.1) is 17.1 Å². The van der Waals surface area contributed by atoms with Crippen LogP contribution in [0.4, 0.5) is 4.39 Å². The molecule has 0 fully saturated rings. The van der Waals surface area contributed by atoms with Crippen LogP contribution in [0.25, 0.3) is 0 Å². The average Bonchev–Trinajstić information content (AvgIpc) is 2.47. The van der Waals surface area contributed by atoms with Crippen molar-refractivity contribution in [3.63, 3.8) is 0 Å². The Bertz CT molecular complexity index is 603. The van der Waals surface area contributed by atoms with Crippen molar-refractivity contribution < 1.29 is 14.2 Å². The van der Waals surface area contributed by atoms with Gasteiger partial charge in [-0.1, -0.05) is 24.3 Å². The predicted molar refractivity (Wildman–Crippen MR) is 67.8 cm³/mol. The first-order chi connectivity index (χ1) is 9.24. The zero-order valence-electron chi connectivity index (χ0n) is 10.1. The van der Waals surface area contributed by atoms with Gasteiger partial charge in [-0.2, -0.15) is 5.26 Å². The second-order valence-electron chi connectivity index (χ2n) is 3.98. The predicted octanol–water partition coefficient (Wildman–Crippen LogP) is 2.77. The molecule has 0 aliphatic carbocycles. The molecule has 0 saturated heterocycles. The molecule has 1 N–H and O–H groups in total. The zero-order chi connectivity index (χ0) is 13.7. The first-order valence-corrected chi connectivity index (χ1v) is 5.74. The van der Waals surface area contributed by atoms with Gasteiger partial charge in [-0.15, -0.1) is 0 Å². The van der Waals surface area contributed by atoms with Crippen LogP contribution in [-0.4, -0.2) is 5.11 Å². The molecule has 0 aliphatic rings. The minimum absolute atomic E-state index is 0.0109. The topological polar surface area (TPSA) is 53.2 Å². The number of benzene rings is 2. The first-order valence-electron chi connectivity index (χ1n) is 5.74. The Balaban J connectivity index is 2.08. The first kappa shape index (κ1) is 13.1. The third kappa shape index (κ3) is 3.09. The van der Waals surface area contributed by atoms with Crippen LogP contribution >= 0.6 is 0 Å². The van der Waals surface area contributed by atoms with E-state index in [2.05, 4.69) is 0 Å². The summed E-state index contributed by atoms with van der Waals surface area (Å²) in [5.74, 6) is 0.0379. The Kier molecular flexibility index (Phi) is 4.11. The molecule has 0 bridgehead atoms. The van der Waals surface area contributed by atoms with Crippen molar-refractivity contribution in [2.75, 3.05) is 0 Å². The second-order valence-corrected chi connectivity index (χ2v) is 3.98. The van der Waals surface area contributed by atoms with Gasteiger partial charge >= 0.3 is 0 Å². The fraction of sp³-hybridized carbons (Fsp3) is 0.133. The normalized spacial score (nSPS) is 9.95. The van der Waals surface area contributed by atoms with E-state index in [9.17, 15) is 4.39 Å². The van der Waals surface area contributed by atoms with Crippen LogP contribution in [0.3, 0.4) is 0 Å². The van der Waals surface area contributed by atoms with Gasteiger partial charge in [0.05, 0.1) is 12.2 Å². The lowest BCUT2D eigenvalue weighted by molar-refractivity contribution is 0.280. The fourth-order valence-corrected chi connectivity index (χ4v) is 1.63. The van der Waals surface area contributed by atoms with Gasteiger partial charge in [0.1, 0.15) is 24.2 Å². The van der Waals surface area contributed by atoms with Gasteiger partial charge < -0.3 is 9.84 Å². The van der Waals surface area contributed by atoms with Crippen molar-refractivity contribution in [1.29, 1.82) is 5.26 Å². The summed E-state index contributed by atoms with van der Waals surface area (Å²) in [4.78, 5) is 0. The van der Waals surface area contributed by atoms with Crippen LogP contribution in [0.15, 0.2) is 42.5 Å². The maximum Gasteiger partial charge on any atom is 0.147 e. The summed E-state index contributed by atoms with van der Waals surface area (Å²) in [6.45, 7) is 0.0267. The number of rotatable bonds is 4. The van der Waals surface area contributed by atoms with Crippen LogP contribution in [-0.2, 0) is 13.2 Å². The van der Waals surface area contributed by atoms with E-state index < -0.39 is 5.82 Å². The van der Waals surface area contributed by atoms with Crippen LogP contribution in [0.1, 0.15) is 16.7 Å². The molecular weight excluding hydrogens is 245 g/mol. The molecule has 4 heteroatoms. The molecule has 0 atom stereocenters. The summed E-state index contributed by atoms with van der Waals surface area (Å²) in [6, 6.07) is 13.3. The van der Waals surface area contributed by atoms with E-state index in [-0.39, 0.29) is 18.8 Å². The lowest BCUT2D eigenvalue weighted by atomic mass is 10.1. The average molecular weight is 257 g/mol. The number of hydrogen-bond donors (Lipinski definition) is 1. The second kappa shape index (κ2) is 5.98. The van der Waals surface area contributed by atoms with E-state index in [4.69, 9.17) is 15.1 Å². The smallest absolute Gasteiger partial charge is 0.147 e.